The van der Waals surface area contributed by atoms with E-state index in [1.807, 2.05) is 30.3 Å². The second-order valence-corrected chi connectivity index (χ2v) is 16.7. The molecule has 4 heteroatoms. The van der Waals surface area contributed by atoms with Gasteiger partial charge in [0.2, 0.25) is 0 Å². The molecule has 5 aliphatic carbocycles. The van der Waals surface area contributed by atoms with Crippen LogP contribution in [0.4, 0.5) is 0 Å². The fraction of sp³-hybridized carbons (Fsp3) is 0.784. The van der Waals surface area contributed by atoms with Crippen LogP contribution in [0.5, 0.6) is 0 Å². The fourth-order valence-corrected chi connectivity index (χ4v) is 12.7. The molecule has 5 aliphatic rings. The Morgan fingerprint density at radius 1 is 0.805 bits per heavy atom. The molecular weight excluding hydrogens is 508 g/mol. The van der Waals surface area contributed by atoms with Gasteiger partial charge in [0.25, 0.3) is 0 Å². The first-order valence-corrected chi connectivity index (χ1v) is 16.7. The van der Waals surface area contributed by atoms with Gasteiger partial charge >= 0.3 is 11.9 Å². The maximum atomic E-state index is 13.1. The fourth-order valence-electron chi connectivity index (χ4n) is 12.7. The molecule has 0 radical (unpaired) electrons. The van der Waals surface area contributed by atoms with Gasteiger partial charge in [-0.25, -0.2) is 4.79 Å². The highest BCUT2D eigenvalue weighted by atomic mass is 16.5. The van der Waals surface area contributed by atoms with Crippen LogP contribution in [0.25, 0.3) is 0 Å². The van der Waals surface area contributed by atoms with Gasteiger partial charge in [0.15, 0.2) is 0 Å². The Labute approximate surface area is 248 Å². The van der Waals surface area contributed by atoms with Gasteiger partial charge in [-0.05, 0) is 128 Å². The zero-order chi connectivity index (χ0) is 29.6. The van der Waals surface area contributed by atoms with Gasteiger partial charge in [-0.1, -0.05) is 66.7 Å². The molecule has 0 spiro atoms. The van der Waals surface area contributed by atoms with E-state index in [-0.39, 0.29) is 33.7 Å². The number of esters is 1. The van der Waals surface area contributed by atoms with Crippen molar-refractivity contribution in [2.45, 2.75) is 119 Å². The first kappa shape index (κ1) is 29.2. The largest absolute Gasteiger partial charge is 0.481 e. The van der Waals surface area contributed by atoms with Crippen LogP contribution in [0.2, 0.25) is 0 Å². The van der Waals surface area contributed by atoms with E-state index in [0.29, 0.717) is 41.1 Å². The maximum Gasteiger partial charge on any atom is 0.338 e. The Balaban J connectivity index is 1.30. The predicted molar refractivity (Wildman–Crippen MR) is 162 cm³/mol. The summed E-state index contributed by atoms with van der Waals surface area (Å²) in [4.78, 5) is 26.0. The Morgan fingerprint density at radius 3 is 2.17 bits per heavy atom. The van der Waals surface area contributed by atoms with Crippen molar-refractivity contribution in [2.24, 2.45) is 62.6 Å². The minimum atomic E-state index is -0.513. The summed E-state index contributed by atoms with van der Waals surface area (Å²) in [5.74, 6) is 2.30. The van der Waals surface area contributed by atoms with Crippen molar-refractivity contribution in [3.05, 3.63) is 35.9 Å². The molecule has 0 heterocycles. The molecule has 0 bridgehead atoms. The highest BCUT2D eigenvalue weighted by Crippen LogP contribution is 2.77. The molecule has 4 nitrogen and oxygen atoms in total. The summed E-state index contributed by atoms with van der Waals surface area (Å²) >= 11 is 0. The normalized spacial score (nSPS) is 46.5. The van der Waals surface area contributed by atoms with Crippen LogP contribution >= 0.6 is 0 Å². The van der Waals surface area contributed by atoms with Crippen LogP contribution in [0, 0.1) is 62.6 Å². The molecule has 0 amide bonds. The summed E-state index contributed by atoms with van der Waals surface area (Å²) in [6, 6.07) is 9.44. The summed E-state index contributed by atoms with van der Waals surface area (Å²) in [5, 5.41) is 10.6. The average molecular weight is 563 g/mol. The molecule has 5 fully saturated rings. The van der Waals surface area contributed by atoms with E-state index in [4.69, 9.17) is 4.74 Å². The van der Waals surface area contributed by atoms with Gasteiger partial charge in [0, 0.05) is 5.41 Å². The van der Waals surface area contributed by atoms with Crippen LogP contribution in [-0.2, 0) is 9.53 Å². The van der Waals surface area contributed by atoms with Crippen molar-refractivity contribution < 1.29 is 19.4 Å². The molecule has 41 heavy (non-hydrogen) atoms. The smallest absolute Gasteiger partial charge is 0.338 e. The number of benzene rings is 1. The lowest BCUT2D eigenvalue weighted by Gasteiger charge is -2.72. The Bertz CT molecular complexity index is 1190. The van der Waals surface area contributed by atoms with E-state index in [1.54, 1.807) is 0 Å². The summed E-state index contributed by atoms with van der Waals surface area (Å²) in [5.41, 5.74) is 0.627. The molecule has 10 atom stereocenters. The van der Waals surface area contributed by atoms with E-state index >= 15 is 0 Å². The van der Waals surface area contributed by atoms with Gasteiger partial charge in [0.05, 0.1) is 11.0 Å². The number of ether oxygens (including phenoxy) is 1. The SMILES string of the molecule is CC(C)[C@@H]1CCC2(C(=O)O)CC[C@]3(C)[C@H](CCC4[C@@]5(C)CC[C@H](OC(=O)c6ccccc6)C(C)(C)[C@@H]5CC[C@]43C)C12. The lowest BCUT2D eigenvalue weighted by Crippen LogP contribution is -2.67. The Hall–Kier alpha value is -1.84. The van der Waals surface area contributed by atoms with Crippen molar-refractivity contribution in [1.82, 2.24) is 0 Å². The van der Waals surface area contributed by atoms with Gasteiger partial charge in [-0.15, -0.1) is 0 Å². The third kappa shape index (κ3) is 3.90. The molecule has 5 saturated carbocycles. The number of hydrogen-bond donors (Lipinski definition) is 1. The van der Waals surface area contributed by atoms with Crippen molar-refractivity contribution in [3.63, 3.8) is 0 Å². The second-order valence-electron chi connectivity index (χ2n) is 16.7. The summed E-state index contributed by atoms with van der Waals surface area (Å²) < 4.78 is 6.27. The van der Waals surface area contributed by atoms with Gasteiger partial charge in [-0.2, -0.15) is 0 Å². The number of carbonyl (C=O) groups is 2. The zero-order valence-electron chi connectivity index (χ0n) is 26.7. The van der Waals surface area contributed by atoms with Crippen LogP contribution in [0.3, 0.4) is 0 Å². The van der Waals surface area contributed by atoms with Crippen molar-refractivity contribution in [3.8, 4) is 0 Å². The highest BCUT2D eigenvalue weighted by molar-refractivity contribution is 5.89. The second kappa shape index (κ2) is 9.58. The quantitative estimate of drug-likeness (QED) is 0.372. The number of aliphatic carboxylic acids is 1. The maximum absolute atomic E-state index is 13.1. The minimum Gasteiger partial charge on any atom is -0.481 e. The number of carboxylic acid groups (broad SMARTS) is 1. The molecule has 3 unspecified atom stereocenters. The van der Waals surface area contributed by atoms with E-state index < -0.39 is 11.4 Å². The molecule has 0 saturated heterocycles. The average Bonchev–Trinajstić information content (AvgIpc) is 3.33. The summed E-state index contributed by atoms with van der Waals surface area (Å²) in [6.45, 7) is 17.2. The Kier molecular flexibility index (Phi) is 6.83. The molecule has 1 N–H and O–H groups in total. The summed E-state index contributed by atoms with van der Waals surface area (Å²) in [6.07, 6.45) is 10.6. The van der Waals surface area contributed by atoms with E-state index in [2.05, 4.69) is 48.5 Å². The third-order valence-corrected chi connectivity index (χ3v) is 15.0. The van der Waals surface area contributed by atoms with E-state index in [1.165, 1.54) is 25.7 Å². The first-order valence-electron chi connectivity index (χ1n) is 16.7. The minimum absolute atomic E-state index is 0.0688. The molecule has 0 aromatic heterocycles. The first-order chi connectivity index (χ1) is 19.2. The van der Waals surface area contributed by atoms with Gasteiger partial charge in [0.1, 0.15) is 6.10 Å². The number of fused-ring (bicyclic) bond motifs is 7. The predicted octanol–water partition coefficient (Wildman–Crippen LogP) is 9.03. The van der Waals surface area contributed by atoms with Crippen molar-refractivity contribution >= 4 is 11.9 Å². The molecule has 1 aromatic carbocycles. The Morgan fingerprint density at radius 2 is 1.51 bits per heavy atom. The number of carbonyl (C=O) groups excluding carboxylic acids is 1. The monoisotopic (exact) mass is 562 g/mol. The molecule has 0 aliphatic heterocycles. The standard InChI is InChI=1S/C37H54O4/c1-23(2)25-15-20-37(32(39)40)22-21-35(6)26(30(25)37)13-14-28-34(5)18-17-29(41-31(38)24-11-9-8-10-12-24)33(3,4)27(34)16-19-36(28,35)7/h8-12,23,25-30H,13-22H2,1-7H3,(H,39,40)/t25-,26+,27-,28?,29-,30?,34-,35+,36+,37?/m0/s1. The molecule has 1 aromatic rings. The van der Waals surface area contributed by atoms with Crippen LogP contribution in [0.1, 0.15) is 123 Å². The molecule has 6 rings (SSSR count). The number of hydrogen-bond acceptors (Lipinski definition) is 3. The lowest BCUT2D eigenvalue weighted by atomic mass is 9.32. The number of carboxylic acids is 1. The lowest BCUT2D eigenvalue weighted by molar-refractivity contribution is -0.249. The van der Waals surface area contributed by atoms with Crippen LogP contribution in [-0.4, -0.2) is 23.1 Å². The van der Waals surface area contributed by atoms with Gasteiger partial charge in [-0.3, -0.25) is 4.79 Å². The molecular formula is C37H54O4. The zero-order valence-corrected chi connectivity index (χ0v) is 26.7. The van der Waals surface area contributed by atoms with Crippen LogP contribution in [0.15, 0.2) is 30.3 Å². The number of rotatable bonds is 4. The van der Waals surface area contributed by atoms with Gasteiger partial charge < -0.3 is 9.84 Å². The summed E-state index contributed by atoms with van der Waals surface area (Å²) in [7, 11) is 0. The van der Waals surface area contributed by atoms with Crippen molar-refractivity contribution in [2.75, 3.05) is 0 Å². The van der Waals surface area contributed by atoms with Crippen molar-refractivity contribution in [1.29, 1.82) is 0 Å². The third-order valence-electron chi connectivity index (χ3n) is 15.0. The molecule has 226 valence electrons. The van der Waals surface area contributed by atoms with E-state index in [9.17, 15) is 14.7 Å². The van der Waals surface area contributed by atoms with Crippen LogP contribution < -0.4 is 0 Å². The van der Waals surface area contributed by atoms with E-state index in [0.717, 1.165) is 38.5 Å². The highest BCUT2D eigenvalue weighted by Gasteiger charge is 2.72. The topological polar surface area (TPSA) is 63.6 Å².